The van der Waals surface area contributed by atoms with Crippen molar-refractivity contribution in [3.05, 3.63) is 55.0 Å². The van der Waals surface area contributed by atoms with Crippen molar-refractivity contribution in [2.75, 3.05) is 26.2 Å². The highest BCUT2D eigenvalue weighted by molar-refractivity contribution is 5.75. The minimum atomic E-state index is 0.497. The first-order valence-corrected chi connectivity index (χ1v) is 8.76. The maximum atomic E-state index is 5.83. The van der Waals surface area contributed by atoms with Crippen molar-refractivity contribution in [1.82, 2.24) is 14.9 Å². The SMILES string of the molecule is [CH]1CCN(CCOc2ccc(Oc3nc4ccccc4[nH]3)cc2)CC1. The van der Waals surface area contributed by atoms with Gasteiger partial charge < -0.3 is 14.5 Å². The highest BCUT2D eigenvalue weighted by Crippen LogP contribution is 2.24. The first-order chi connectivity index (χ1) is 12.4. The zero-order valence-electron chi connectivity index (χ0n) is 14.1. The van der Waals surface area contributed by atoms with E-state index in [1.165, 1.54) is 12.8 Å². The van der Waals surface area contributed by atoms with Crippen LogP contribution in [0.1, 0.15) is 12.8 Å². The molecule has 0 saturated carbocycles. The predicted molar refractivity (Wildman–Crippen MR) is 98.1 cm³/mol. The first-order valence-electron chi connectivity index (χ1n) is 8.76. The van der Waals surface area contributed by atoms with E-state index in [0.29, 0.717) is 12.6 Å². The Labute approximate surface area is 147 Å². The number of piperidine rings is 1. The summed E-state index contributed by atoms with van der Waals surface area (Å²) < 4.78 is 11.6. The van der Waals surface area contributed by atoms with Crippen molar-refractivity contribution in [3.63, 3.8) is 0 Å². The molecule has 1 N–H and O–H groups in total. The number of nitrogens with one attached hydrogen (secondary N) is 1. The van der Waals surface area contributed by atoms with Gasteiger partial charge in [-0.3, -0.25) is 4.90 Å². The summed E-state index contributed by atoms with van der Waals surface area (Å²) in [4.78, 5) is 10.0. The number of hydrogen-bond donors (Lipinski definition) is 1. The summed E-state index contributed by atoms with van der Waals surface area (Å²) >= 11 is 0. The third kappa shape index (κ3) is 4.12. The van der Waals surface area contributed by atoms with Gasteiger partial charge in [0.25, 0.3) is 6.01 Å². The molecule has 1 aliphatic rings. The van der Waals surface area contributed by atoms with E-state index >= 15 is 0 Å². The van der Waals surface area contributed by atoms with E-state index in [4.69, 9.17) is 9.47 Å². The Morgan fingerprint density at radius 3 is 2.52 bits per heavy atom. The van der Waals surface area contributed by atoms with Crippen LogP contribution in [-0.4, -0.2) is 41.1 Å². The lowest BCUT2D eigenvalue weighted by Crippen LogP contribution is -2.33. The molecule has 2 heterocycles. The number of rotatable bonds is 6. The minimum Gasteiger partial charge on any atom is -0.492 e. The molecule has 25 heavy (non-hydrogen) atoms. The Hall–Kier alpha value is -2.53. The van der Waals surface area contributed by atoms with Gasteiger partial charge in [0.15, 0.2) is 0 Å². The first kappa shape index (κ1) is 16.0. The average Bonchev–Trinajstić information content (AvgIpc) is 3.06. The summed E-state index contributed by atoms with van der Waals surface area (Å²) in [6.07, 6.45) is 4.74. The lowest BCUT2D eigenvalue weighted by Gasteiger charge is -2.25. The number of hydrogen-bond acceptors (Lipinski definition) is 4. The number of aromatic nitrogens is 2. The number of aromatic amines is 1. The maximum Gasteiger partial charge on any atom is 0.300 e. The largest absolute Gasteiger partial charge is 0.492 e. The average molecular weight is 336 g/mol. The van der Waals surface area contributed by atoms with Gasteiger partial charge in [-0.2, -0.15) is 4.98 Å². The van der Waals surface area contributed by atoms with E-state index in [-0.39, 0.29) is 0 Å². The van der Waals surface area contributed by atoms with Gasteiger partial charge in [0.05, 0.1) is 11.0 Å². The van der Waals surface area contributed by atoms with Crippen molar-refractivity contribution in [1.29, 1.82) is 0 Å². The molecule has 1 saturated heterocycles. The van der Waals surface area contributed by atoms with Gasteiger partial charge >= 0.3 is 0 Å². The van der Waals surface area contributed by atoms with Crippen molar-refractivity contribution in [2.45, 2.75) is 12.8 Å². The molecule has 1 fully saturated rings. The monoisotopic (exact) mass is 336 g/mol. The molecular formula is C20H22N3O2. The highest BCUT2D eigenvalue weighted by Gasteiger charge is 2.10. The van der Waals surface area contributed by atoms with Crippen LogP contribution in [0.4, 0.5) is 0 Å². The molecule has 0 spiro atoms. The molecule has 0 bridgehead atoms. The van der Waals surface area contributed by atoms with E-state index < -0.39 is 0 Å². The molecule has 3 aromatic rings. The van der Waals surface area contributed by atoms with Gasteiger partial charge in [-0.25, -0.2) is 0 Å². The summed E-state index contributed by atoms with van der Waals surface area (Å²) in [6.45, 7) is 3.98. The fourth-order valence-electron chi connectivity index (χ4n) is 3.01. The second-order valence-electron chi connectivity index (χ2n) is 6.19. The summed E-state index contributed by atoms with van der Waals surface area (Å²) in [7, 11) is 0. The molecule has 1 aliphatic heterocycles. The third-order valence-electron chi connectivity index (χ3n) is 4.38. The smallest absolute Gasteiger partial charge is 0.300 e. The zero-order chi connectivity index (χ0) is 16.9. The van der Waals surface area contributed by atoms with E-state index in [9.17, 15) is 0 Å². The van der Waals surface area contributed by atoms with Gasteiger partial charge in [0, 0.05) is 6.54 Å². The maximum absolute atomic E-state index is 5.83. The number of imidazole rings is 1. The van der Waals surface area contributed by atoms with Crippen molar-refractivity contribution in [2.24, 2.45) is 0 Å². The number of ether oxygens (including phenoxy) is 2. The van der Waals surface area contributed by atoms with Crippen LogP contribution in [0.25, 0.3) is 11.0 Å². The second-order valence-corrected chi connectivity index (χ2v) is 6.19. The van der Waals surface area contributed by atoms with Crippen molar-refractivity contribution < 1.29 is 9.47 Å². The van der Waals surface area contributed by atoms with Crippen molar-refractivity contribution in [3.8, 4) is 17.5 Å². The fraction of sp³-hybridized carbons (Fsp3) is 0.300. The fourth-order valence-corrected chi connectivity index (χ4v) is 3.01. The van der Waals surface area contributed by atoms with Crippen LogP contribution in [0.3, 0.4) is 0 Å². The molecule has 4 rings (SSSR count). The second kappa shape index (κ2) is 7.57. The van der Waals surface area contributed by atoms with E-state index in [2.05, 4.69) is 21.3 Å². The third-order valence-corrected chi connectivity index (χ3v) is 4.38. The molecule has 5 nitrogen and oxygen atoms in total. The Balaban J connectivity index is 1.30. The number of benzene rings is 2. The zero-order valence-corrected chi connectivity index (χ0v) is 14.1. The predicted octanol–water partition coefficient (Wildman–Crippen LogP) is 4.03. The Bertz CT molecular complexity index is 774. The molecule has 129 valence electrons. The standard InChI is InChI=1S/C20H22N3O2/c1-4-12-23(13-5-1)14-15-24-16-8-10-17(11-9-16)25-20-21-18-6-2-3-7-19(18)22-20/h1-3,6-11H,4-5,12-15H2,(H,21,22). The number of nitrogens with zero attached hydrogens (tertiary/aromatic N) is 2. The van der Waals surface area contributed by atoms with Crippen LogP contribution in [0, 0.1) is 6.42 Å². The van der Waals surface area contributed by atoms with Crippen LogP contribution in [0.5, 0.6) is 17.5 Å². The van der Waals surface area contributed by atoms with Gasteiger partial charge in [0.2, 0.25) is 0 Å². The molecule has 1 radical (unpaired) electrons. The Morgan fingerprint density at radius 2 is 1.72 bits per heavy atom. The lowest BCUT2D eigenvalue weighted by molar-refractivity contribution is 0.198. The van der Waals surface area contributed by atoms with Gasteiger partial charge in [0.1, 0.15) is 18.1 Å². The van der Waals surface area contributed by atoms with Crippen LogP contribution < -0.4 is 9.47 Å². The topological polar surface area (TPSA) is 50.4 Å². The number of para-hydroxylation sites is 2. The quantitative estimate of drug-likeness (QED) is 0.738. The van der Waals surface area contributed by atoms with Crippen LogP contribution >= 0.6 is 0 Å². The van der Waals surface area contributed by atoms with E-state index in [0.717, 1.165) is 42.2 Å². The summed E-state index contributed by atoms with van der Waals surface area (Å²) in [5, 5.41) is 0. The molecule has 0 amide bonds. The summed E-state index contributed by atoms with van der Waals surface area (Å²) in [5.74, 6) is 1.60. The van der Waals surface area contributed by atoms with Gasteiger partial charge in [-0.1, -0.05) is 12.1 Å². The minimum absolute atomic E-state index is 0.497. The van der Waals surface area contributed by atoms with Crippen molar-refractivity contribution >= 4 is 11.0 Å². The van der Waals surface area contributed by atoms with E-state index in [1.807, 2.05) is 48.5 Å². The summed E-state index contributed by atoms with van der Waals surface area (Å²) in [6, 6.07) is 16.0. The Morgan fingerprint density at radius 1 is 0.960 bits per heavy atom. The van der Waals surface area contributed by atoms with Crippen LogP contribution in [0.2, 0.25) is 0 Å². The molecular weight excluding hydrogens is 314 g/mol. The number of fused-ring (bicyclic) bond motifs is 1. The molecule has 2 aromatic carbocycles. The number of likely N-dealkylation sites (tertiary alicyclic amines) is 1. The molecule has 5 heteroatoms. The highest BCUT2D eigenvalue weighted by atomic mass is 16.5. The molecule has 0 aliphatic carbocycles. The van der Waals surface area contributed by atoms with E-state index in [1.54, 1.807) is 0 Å². The summed E-state index contributed by atoms with van der Waals surface area (Å²) in [5.41, 5.74) is 1.86. The Kier molecular flexibility index (Phi) is 4.84. The van der Waals surface area contributed by atoms with Crippen LogP contribution in [-0.2, 0) is 0 Å². The lowest BCUT2D eigenvalue weighted by atomic mass is 10.1. The normalized spacial score (nSPS) is 15.4. The van der Waals surface area contributed by atoms with Gasteiger partial charge in [-0.15, -0.1) is 0 Å². The van der Waals surface area contributed by atoms with Gasteiger partial charge in [-0.05, 0) is 68.8 Å². The molecule has 0 unspecified atom stereocenters. The van der Waals surface area contributed by atoms with Crippen LogP contribution in [0.15, 0.2) is 48.5 Å². The number of H-pyrrole nitrogens is 1. The molecule has 0 atom stereocenters. The molecule has 1 aromatic heterocycles.